The lowest BCUT2D eigenvalue weighted by Gasteiger charge is -2.40. The molecule has 6 saturated heterocycles. The van der Waals surface area contributed by atoms with Crippen LogP contribution in [0, 0.1) is 62.1 Å². The van der Waals surface area contributed by atoms with Crippen molar-refractivity contribution in [2.24, 2.45) is 73.5 Å². The Morgan fingerprint density at radius 1 is 0.426 bits per heavy atom. The van der Waals surface area contributed by atoms with Gasteiger partial charge in [-0.05, 0) is 286 Å². The van der Waals surface area contributed by atoms with Crippen LogP contribution in [0.2, 0.25) is 0 Å². The fourth-order valence-electron chi connectivity index (χ4n) is 15.9. The van der Waals surface area contributed by atoms with Crippen molar-refractivity contribution in [3.05, 3.63) is 58.7 Å². The molecule has 0 unspecified atom stereocenters. The van der Waals surface area contributed by atoms with E-state index in [1.54, 1.807) is 24.3 Å². The fraction of sp³-hybridized carbons (Fsp3) is 0.816. The SMILES string of the molecule is C.CC(C)[C@@H](CN1CCC(C)(C)CC1)NC(=O)[C@H]1Cc2ccc(O)cc2CN1.CC(C)[C@@H](CN1CCC(C)(C)CC1)NC(=O)[C@H]1Cc2ccc(O)cc2CN1C(=O)OC(C)(C)C.CC(C)[C@H](N)C(=O)N1CCC(C)(C)CC1.CC(C)[C@H](N)CN1CCC(C)(C)CC1.CC(C)[C@H](NC(=O)OC(C)(C)C)C(=O)N1CCC(C)(C)CC1.CC1(C)CCNCC1.F.F.F.FF.FF.FF.FF.FF.FF. The number of hydrogen-bond acceptors (Lipinski definition) is 17. The zero-order valence-electron chi connectivity index (χ0n) is 86.6. The molecule has 2 aromatic rings. The monoisotopic (exact) mass is 1990 g/mol. The molecule has 6 amide bonds. The predicted octanol–water partition coefficient (Wildman–Crippen LogP) is 21.4. The number of benzene rings is 2. The summed E-state index contributed by atoms with van der Waals surface area (Å²) < 4.78 is 107. The van der Waals surface area contributed by atoms with Crippen molar-refractivity contribution in [2.75, 3.05) is 98.2 Å². The first-order valence-corrected chi connectivity index (χ1v) is 47.1. The van der Waals surface area contributed by atoms with Gasteiger partial charge in [-0.3, -0.25) is 38.2 Å². The zero-order valence-corrected chi connectivity index (χ0v) is 86.6. The summed E-state index contributed by atoms with van der Waals surface area (Å²) in [7, 11) is 0. The molecular weight excluding hydrogens is 1800 g/mol. The molecule has 11 N–H and O–H groups in total. The Labute approximate surface area is 805 Å². The average molecular weight is 1990 g/mol. The van der Waals surface area contributed by atoms with Crippen LogP contribution in [0.1, 0.15) is 301 Å². The van der Waals surface area contributed by atoms with Crippen LogP contribution in [-0.4, -0.2) is 227 Å². The summed E-state index contributed by atoms with van der Waals surface area (Å²) in [5.41, 5.74) is 17.4. The number of aromatic hydroxyl groups is 2. The lowest BCUT2D eigenvalue weighted by molar-refractivity contribution is -0.137. The maximum Gasteiger partial charge on any atom is 0.411 e. The molecule has 23 nitrogen and oxygen atoms in total. The van der Waals surface area contributed by atoms with E-state index in [1.165, 1.54) is 69.6 Å². The van der Waals surface area contributed by atoms with Gasteiger partial charge < -0.3 is 82.2 Å². The number of ether oxygens (including phenoxy) is 2. The van der Waals surface area contributed by atoms with Crippen molar-refractivity contribution >= 4 is 35.8 Å². The highest BCUT2D eigenvalue weighted by Gasteiger charge is 2.41. The summed E-state index contributed by atoms with van der Waals surface area (Å²) in [6.07, 6.45) is 14.3. The van der Waals surface area contributed by atoms with Crippen LogP contribution >= 0.6 is 0 Å². The number of phenolic OH excluding ortho intramolecular Hbond substituents is 2. The molecule has 0 bridgehead atoms. The summed E-state index contributed by atoms with van der Waals surface area (Å²) >= 11 is 0. The standard InChI is InChI=1S/C27H43N3O4.C22H35N3O2.C17H32N2O3.C12H24N2O.C12H26N2.C7H15N.CH4.6F2.3FH/c1-18(2)22(17-29-12-10-27(6,7)11-13-29)28-24(32)23-15-19-8-9-21(31)14-20(19)16-30(23)25(33)34-26(3,4)5;1-15(2)20(14-25-9-7-22(3,4)8-10-25)24-21(27)19-12-16-5-6-18(26)11-17(16)13-23-19;1-12(2)13(18-15(21)22-16(3,4)5)14(20)19-10-8-17(6,7)9-11-19;1-9(2)10(13)11(15)14-7-5-12(3,4)6-8-14;1-10(2)11(13)9-14-7-5-12(3,4)6-8-14;1-7(2)3-5-8-6-4-7;;6*1-2;;;/h8-9,14,18,22-23,31H,10-13,15-17H2,1-7H3,(H,28,32);5-6,11,15,19-20,23,26H,7-10,12-14H2,1-4H3,(H,24,27);12-13H,8-11H2,1-7H3,(H,18,21);9-10H,5-8,13H2,1-4H3;10-11H,5-9,13H2,1-4H3;8H,3-6H2,1-2H3;1H4;;;;;;;3*1H/t22-,23-;19-,20-;13-;10-;11-;;;;;;;;;;;/m11001.........../s1. The van der Waals surface area contributed by atoms with Gasteiger partial charge in [0.1, 0.15) is 34.8 Å². The van der Waals surface area contributed by atoms with Crippen molar-refractivity contribution in [3.63, 3.8) is 0 Å². The number of rotatable bonds is 18. The van der Waals surface area contributed by atoms with Crippen molar-refractivity contribution < 1.29 is 117 Å². The number of amides is 6. The van der Waals surface area contributed by atoms with Crippen molar-refractivity contribution in [2.45, 2.75) is 358 Å². The van der Waals surface area contributed by atoms with Gasteiger partial charge in [0.05, 0.1) is 18.6 Å². The Morgan fingerprint density at radius 3 is 1.09 bits per heavy atom. The van der Waals surface area contributed by atoms with Gasteiger partial charge in [-0.15, -0.1) is 0 Å². The van der Waals surface area contributed by atoms with E-state index in [2.05, 4.69) is 166 Å². The van der Waals surface area contributed by atoms with E-state index in [4.69, 9.17) is 75.8 Å². The Kier molecular flexibility index (Phi) is 69.4. The smallest absolute Gasteiger partial charge is 0.411 e. The van der Waals surface area contributed by atoms with Gasteiger partial charge in [0.2, 0.25) is 23.6 Å². The minimum Gasteiger partial charge on any atom is -0.508 e. The molecule has 0 saturated carbocycles. The van der Waals surface area contributed by atoms with Crippen LogP contribution in [0.4, 0.5) is 78.6 Å². The van der Waals surface area contributed by atoms with Crippen LogP contribution in [0.25, 0.3) is 0 Å². The number of likely N-dealkylation sites (tertiary alicyclic amines) is 5. The molecule has 0 aromatic heterocycles. The topological polar surface area (TPSA) is 293 Å². The van der Waals surface area contributed by atoms with E-state index < -0.39 is 35.5 Å². The first kappa shape index (κ1) is 140. The lowest BCUT2D eigenvalue weighted by Crippen LogP contribution is -2.57. The van der Waals surface area contributed by atoms with Crippen LogP contribution in [0.3, 0.4) is 0 Å². The van der Waals surface area contributed by atoms with E-state index in [0.29, 0.717) is 69.8 Å². The maximum absolute atomic E-state index is 13.6. The number of piperidine rings is 6. The lowest BCUT2D eigenvalue weighted by atomic mass is 9.82. The Bertz CT molecular complexity index is 3530. The third-order valence-electron chi connectivity index (χ3n) is 26.3. The summed E-state index contributed by atoms with van der Waals surface area (Å²) in [4.78, 5) is 88.9. The quantitative estimate of drug-likeness (QED) is 0.0627. The first-order chi connectivity index (χ1) is 61.3. The van der Waals surface area contributed by atoms with Gasteiger partial charge >= 0.3 is 12.2 Å². The highest BCUT2D eigenvalue weighted by Crippen LogP contribution is 2.37. The van der Waals surface area contributed by atoms with Gasteiger partial charge in [0, 0.05) is 132 Å². The first-order valence-electron chi connectivity index (χ1n) is 47.1. The van der Waals surface area contributed by atoms with Crippen LogP contribution in [0.5, 0.6) is 11.5 Å². The van der Waals surface area contributed by atoms with Crippen LogP contribution in [0.15, 0.2) is 36.4 Å². The minimum atomic E-state index is -0.667. The Hall–Kier alpha value is -6.87. The molecule has 804 valence electrons. The minimum absolute atomic E-state index is 0. The number of nitrogens with one attached hydrogen (secondary N) is 5. The maximum atomic E-state index is 13.6. The molecule has 136 heavy (non-hydrogen) atoms. The summed E-state index contributed by atoms with van der Waals surface area (Å²) in [5.74, 6) is 2.01. The molecule has 0 spiro atoms. The Morgan fingerprint density at radius 2 is 0.757 bits per heavy atom. The number of hydrogen-bond donors (Lipinski definition) is 9. The fourth-order valence-corrected chi connectivity index (χ4v) is 15.9. The summed E-state index contributed by atoms with van der Waals surface area (Å²) in [6, 6.07) is 9.33. The molecule has 2 aromatic carbocycles. The number of nitrogens with zero attached hydrogens (tertiary/aromatic N) is 6. The molecular formula is C98H182F15N13O10. The summed E-state index contributed by atoms with van der Waals surface area (Å²) in [5, 5.41) is 35.5. The van der Waals surface area contributed by atoms with Crippen molar-refractivity contribution in [1.29, 1.82) is 0 Å². The van der Waals surface area contributed by atoms with Gasteiger partial charge in [-0.1, -0.05) is 172 Å². The van der Waals surface area contributed by atoms with Gasteiger partial charge in [-0.25, -0.2) is 9.59 Å². The molecule has 8 heterocycles. The highest BCUT2D eigenvalue weighted by molar-refractivity contribution is 5.88. The highest BCUT2D eigenvalue weighted by atomic mass is 20.0. The normalized spacial score (nSPS) is 20.3. The number of fused-ring (bicyclic) bond motifs is 2. The number of nitrogens with two attached hydrogens (primary N) is 2. The second-order valence-corrected chi connectivity index (χ2v) is 44.9. The van der Waals surface area contributed by atoms with Gasteiger partial charge in [0.25, 0.3) is 0 Å². The second kappa shape index (κ2) is 67.5. The van der Waals surface area contributed by atoms with E-state index in [0.717, 1.165) is 133 Å². The molecule has 0 aliphatic carbocycles. The summed E-state index contributed by atoms with van der Waals surface area (Å²) in [6.45, 7) is 75.6. The van der Waals surface area contributed by atoms with E-state index in [9.17, 15) is 39.0 Å². The average Bonchev–Trinajstić information content (AvgIpc) is 0.782. The van der Waals surface area contributed by atoms with Crippen LogP contribution in [-0.2, 0) is 54.6 Å². The van der Waals surface area contributed by atoms with Gasteiger partial charge in [-0.2, -0.15) is 0 Å². The van der Waals surface area contributed by atoms with Crippen molar-refractivity contribution in [1.82, 2.24) is 56.0 Å². The number of carbonyl (C=O) groups is 6. The molecule has 0 radical (unpaired) electrons. The molecule has 6 fully saturated rings. The van der Waals surface area contributed by atoms with Gasteiger partial charge in [0.15, 0.2) is 0 Å². The third-order valence-corrected chi connectivity index (χ3v) is 26.3. The second-order valence-electron chi connectivity index (χ2n) is 44.9. The molecule has 7 atom stereocenters. The third kappa shape index (κ3) is 54.8. The Balaban J connectivity index is -0.000000376. The molecule has 8 aliphatic rings. The van der Waals surface area contributed by atoms with E-state index >= 15 is 0 Å². The van der Waals surface area contributed by atoms with E-state index in [1.807, 2.05) is 91.2 Å². The number of phenols is 2. The number of halogens is 15. The zero-order chi connectivity index (χ0) is 102. The number of alkyl carbamates (subject to hydrolysis) is 1. The van der Waals surface area contributed by atoms with Crippen molar-refractivity contribution in [3.8, 4) is 11.5 Å². The molecule has 8 aliphatic heterocycles. The van der Waals surface area contributed by atoms with E-state index in [-0.39, 0.29) is 105 Å². The van der Waals surface area contributed by atoms with Crippen LogP contribution < -0.4 is 38.1 Å². The molecule has 10 rings (SSSR count). The largest absolute Gasteiger partial charge is 0.508 e. The number of carbonyl (C=O) groups excluding carboxylic acids is 6. The predicted molar refractivity (Wildman–Crippen MR) is 518 cm³/mol. The molecule has 38 heteroatoms.